The Morgan fingerprint density at radius 2 is 2.24 bits per heavy atom. The van der Waals surface area contributed by atoms with Gasteiger partial charge in [0.05, 0.1) is 0 Å². The van der Waals surface area contributed by atoms with Crippen LogP contribution >= 0.6 is 0 Å². The lowest BCUT2D eigenvalue weighted by atomic mass is 9.82. The topological polar surface area (TPSA) is 39.4 Å². The van der Waals surface area contributed by atoms with Gasteiger partial charge in [0.2, 0.25) is 5.75 Å². The van der Waals surface area contributed by atoms with Gasteiger partial charge in [-0.1, -0.05) is 30.4 Å². The first-order chi connectivity index (χ1) is 10.2. The number of allylic oxidation sites excluding steroid dienone is 1. The van der Waals surface area contributed by atoms with Crippen LogP contribution in [0.5, 0.6) is 5.75 Å². The van der Waals surface area contributed by atoms with Crippen LogP contribution in [0.2, 0.25) is 0 Å². The van der Waals surface area contributed by atoms with E-state index >= 15 is 0 Å². The van der Waals surface area contributed by atoms with Crippen LogP contribution < -0.4 is 10.4 Å². The third-order valence-electron chi connectivity index (χ3n) is 5.05. The van der Waals surface area contributed by atoms with Gasteiger partial charge < -0.3 is 9.15 Å². The van der Waals surface area contributed by atoms with E-state index in [0.717, 1.165) is 18.2 Å². The zero-order valence-electron chi connectivity index (χ0n) is 12.0. The molecule has 1 fully saturated rings. The molecule has 108 valence electrons. The second kappa shape index (κ2) is 4.48. The van der Waals surface area contributed by atoms with E-state index in [1.54, 1.807) is 12.1 Å². The van der Waals surface area contributed by atoms with Crippen LogP contribution in [0.15, 0.2) is 51.7 Å². The predicted molar refractivity (Wildman–Crippen MR) is 81.5 cm³/mol. The van der Waals surface area contributed by atoms with E-state index in [4.69, 9.17) is 9.15 Å². The zero-order valence-corrected chi connectivity index (χ0v) is 12.0. The van der Waals surface area contributed by atoms with Gasteiger partial charge in [0.1, 0.15) is 11.7 Å². The summed E-state index contributed by atoms with van der Waals surface area (Å²) in [5.41, 5.74) is 0.304. The Morgan fingerprint density at radius 1 is 1.38 bits per heavy atom. The van der Waals surface area contributed by atoms with Crippen molar-refractivity contribution in [3.05, 3.63) is 52.9 Å². The largest absolute Gasteiger partial charge is 0.483 e. The van der Waals surface area contributed by atoms with E-state index in [1.807, 2.05) is 18.2 Å². The molecule has 1 saturated carbocycles. The standard InChI is InChI=1S/C18H18O3/c1-12(18-8-6-13(11-18)7-9-18)20-16-10-14-4-2-3-5-15(14)21-17(16)19/h2-6,8,10,12-13H,7,9,11H2,1H3. The third kappa shape index (κ3) is 1.99. The molecule has 21 heavy (non-hydrogen) atoms. The van der Waals surface area contributed by atoms with Gasteiger partial charge >= 0.3 is 5.63 Å². The Morgan fingerprint density at radius 3 is 2.95 bits per heavy atom. The molecule has 2 aliphatic carbocycles. The monoisotopic (exact) mass is 282 g/mol. The maximum absolute atomic E-state index is 12.1. The smallest absolute Gasteiger partial charge is 0.379 e. The second-order valence-corrected chi connectivity index (χ2v) is 6.29. The fourth-order valence-electron chi connectivity index (χ4n) is 3.73. The number of fused-ring (bicyclic) bond motifs is 3. The van der Waals surface area contributed by atoms with Gasteiger partial charge in [-0.05, 0) is 44.2 Å². The van der Waals surface area contributed by atoms with Crippen molar-refractivity contribution in [3.8, 4) is 5.75 Å². The van der Waals surface area contributed by atoms with Gasteiger partial charge in [-0.15, -0.1) is 0 Å². The first kappa shape index (κ1) is 12.7. The van der Waals surface area contributed by atoms with E-state index < -0.39 is 5.63 Å². The van der Waals surface area contributed by atoms with E-state index in [2.05, 4.69) is 19.1 Å². The van der Waals surface area contributed by atoms with Crippen molar-refractivity contribution in [2.75, 3.05) is 0 Å². The van der Waals surface area contributed by atoms with Crippen molar-refractivity contribution in [2.45, 2.75) is 32.3 Å². The van der Waals surface area contributed by atoms with Gasteiger partial charge in [-0.2, -0.15) is 0 Å². The number of ether oxygens (including phenoxy) is 1. The Kier molecular flexibility index (Phi) is 2.71. The highest BCUT2D eigenvalue weighted by molar-refractivity contribution is 5.77. The molecule has 0 aliphatic heterocycles. The first-order valence-electron chi connectivity index (χ1n) is 7.55. The highest BCUT2D eigenvalue weighted by atomic mass is 16.5. The quantitative estimate of drug-likeness (QED) is 0.633. The summed E-state index contributed by atoms with van der Waals surface area (Å²) in [6.45, 7) is 2.06. The molecule has 2 aliphatic rings. The van der Waals surface area contributed by atoms with Crippen molar-refractivity contribution < 1.29 is 9.15 Å². The van der Waals surface area contributed by atoms with Gasteiger partial charge in [0, 0.05) is 10.8 Å². The van der Waals surface area contributed by atoms with E-state index in [9.17, 15) is 4.79 Å². The van der Waals surface area contributed by atoms with Crippen LogP contribution in [0.3, 0.4) is 0 Å². The number of para-hydroxylation sites is 1. The summed E-state index contributed by atoms with van der Waals surface area (Å²) < 4.78 is 11.3. The highest BCUT2D eigenvalue weighted by Crippen LogP contribution is 2.51. The second-order valence-electron chi connectivity index (χ2n) is 6.29. The normalized spacial score (nSPS) is 28.1. The molecule has 0 radical (unpaired) electrons. The minimum atomic E-state index is -0.395. The zero-order chi connectivity index (χ0) is 14.4. The van der Waals surface area contributed by atoms with Gasteiger partial charge in [0.25, 0.3) is 0 Å². The van der Waals surface area contributed by atoms with E-state index in [-0.39, 0.29) is 11.5 Å². The molecule has 2 bridgehead atoms. The molecule has 1 heterocycles. The molecule has 1 aromatic heterocycles. The molecule has 3 nitrogen and oxygen atoms in total. The molecular weight excluding hydrogens is 264 g/mol. The van der Waals surface area contributed by atoms with E-state index in [0.29, 0.717) is 17.3 Å². The number of hydrogen-bond acceptors (Lipinski definition) is 3. The maximum atomic E-state index is 12.1. The minimum Gasteiger partial charge on any atom is -0.483 e. The lowest BCUT2D eigenvalue weighted by Gasteiger charge is -2.31. The van der Waals surface area contributed by atoms with Crippen LogP contribution in [0.25, 0.3) is 11.0 Å². The molecule has 0 saturated heterocycles. The number of rotatable bonds is 3. The number of hydrogen-bond donors (Lipinski definition) is 0. The lowest BCUT2D eigenvalue weighted by Crippen LogP contribution is -2.33. The Bertz CT molecular complexity index is 773. The summed E-state index contributed by atoms with van der Waals surface area (Å²) in [7, 11) is 0. The molecule has 3 heteroatoms. The molecule has 0 amide bonds. The average Bonchev–Trinajstić information content (AvgIpc) is 3.10. The summed E-state index contributed by atoms with van der Waals surface area (Å²) in [6, 6.07) is 9.29. The fourth-order valence-corrected chi connectivity index (χ4v) is 3.73. The van der Waals surface area contributed by atoms with Crippen LogP contribution in [-0.4, -0.2) is 6.10 Å². The summed E-state index contributed by atoms with van der Waals surface area (Å²) in [4.78, 5) is 12.1. The Hall–Kier alpha value is -2.03. The molecule has 1 aromatic carbocycles. The van der Waals surface area contributed by atoms with Gasteiger partial charge in [0.15, 0.2) is 0 Å². The predicted octanol–water partition coefficient (Wildman–Crippen LogP) is 3.92. The molecule has 2 aromatic rings. The number of benzene rings is 1. The Labute approximate surface area is 123 Å². The molecule has 3 atom stereocenters. The van der Waals surface area contributed by atoms with Crippen molar-refractivity contribution in [1.82, 2.24) is 0 Å². The summed E-state index contributed by atoms with van der Waals surface area (Å²) in [6.07, 6.45) is 8.10. The molecule has 4 rings (SSSR count). The molecule has 0 spiro atoms. The SMILES string of the molecule is CC(Oc1cc2ccccc2oc1=O)C12C=CC(CC1)C2. The maximum Gasteiger partial charge on any atom is 0.379 e. The van der Waals surface area contributed by atoms with Gasteiger partial charge in [-0.3, -0.25) is 0 Å². The summed E-state index contributed by atoms with van der Waals surface area (Å²) in [5.74, 6) is 1.02. The van der Waals surface area contributed by atoms with Crippen molar-refractivity contribution in [2.24, 2.45) is 11.3 Å². The van der Waals surface area contributed by atoms with E-state index in [1.165, 1.54) is 6.42 Å². The van der Waals surface area contributed by atoms with Crippen molar-refractivity contribution >= 4 is 11.0 Å². The minimum absolute atomic E-state index is 0.00897. The molecule has 0 N–H and O–H groups in total. The average molecular weight is 282 g/mol. The first-order valence-corrected chi connectivity index (χ1v) is 7.55. The van der Waals surface area contributed by atoms with Crippen LogP contribution in [-0.2, 0) is 0 Å². The third-order valence-corrected chi connectivity index (χ3v) is 5.05. The summed E-state index contributed by atoms with van der Waals surface area (Å²) in [5, 5.41) is 0.892. The van der Waals surface area contributed by atoms with Crippen LogP contribution in [0.1, 0.15) is 26.2 Å². The van der Waals surface area contributed by atoms with Crippen LogP contribution in [0.4, 0.5) is 0 Å². The summed E-state index contributed by atoms with van der Waals surface area (Å²) >= 11 is 0. The van der Waals surface area contributed by atoms with Crippen LogP contribution in [0, 0.1) is 11.3 Å². The molecular formula is C18H18O3. The lowest BCUT2D eigenvalue weighted by molar-refractivity contribution is 0.100. The highest BCUT2D eigenvalue weighted by Gasteiger charge is 2.45. The van der Waals surface area contributed by atoms with Crippen molar-refractivity contribution in [3.63, 3.8) is 0 Å². The fraction of sp³-hybridized carbons (Fsp3) is 0.389. The van der Waals surface area contributed by atoms with Crippen molar-refractivity contribution in [1.29, 1.82) is 0 Å². The molecule has 3 unspecified atom stereocenters. The van der Waals surface area contributed by atoms with Gasteiger partial charge in [-0.25, -0.2) is 4.79 Å². The Balaban J connectivity index is 1.66.